The highest BCUT2D eigenvalue weighted by Crippen LogP contribution is 2.25. The lowest BCUT2D eigenvalue weighted by Crippen LogP contribution is -2.40. The zero-order valence-corrected chi connectivity index (χ0v) is 15.6. The predicted molar refractivity (Wildman–Crippen MR) is 107 cm³/mol. The average Bonchev–Trinajstić information content (AvgIpc) is 3.14. The van der Waals surface area contributed by atoms with E-state index >= 15 is 0 Å². The van der Waals surface area contributed by atoms with Gasteiger partial charge in [0.1, 0.15) is 5.82 Å². The van der Waals surface area contributed by atoms with E-state index in [0.29, 0.717) is 29.8 Å². The molecule has 0 radical (unpaired) electrons. The van der Waals surface area contributed by atoms with Gasteiger partial charge in [0.2, 0.25) is 0 Å². The number of hydrogen-bond acceptors (Lipinski definition) is 7. The number of hydrazone groups is 1. The summed E-state index contributed by atoms with van der Waals surface area (Å²) in [5.41, 5.74) is 9.35. The molecule has 0 saturated carbocycles. The standard InChI is InChI=1S/C18H27N9/c1-12(2)10-26(21)18(25-20)16-7-13(8-23-17(16)19)14-9-24-27(11-14)15-3-5-22-6-4-15/h7-9,11,15,22H,1,3-6,10,20-21H2,2H3,(H2,19,23)/b25-18-. The van der Waals surface area contributed by atoms with Gasteiger partial charge in [0.25, 0.3) is 0 Å². The van der Waals surface area contributed by atoms with Gasteiger partial charge >= 0.3 is 0 Å². The van der Waals surface area contributed by atoms with Gasteiger partial charge in [-0.25, -0.2) is 10.8 Å². The summed E-state index contributed by atoms with van der Waals surface area (Å²) in [6.07, 6.45) is 7.74. The Kier molecular flexibility index (Phi) is 5.72. The van der Waals surface area contributed by atoms with Crippen LogP contribution in [-0.2, 0) is 0 Å². The molecule has 0 aromatic carbocycles. The number of aromatic nitrogens is 3. The third kappa shape index (κ3) is 4.26. The Balaban J connectivity index is 1.89. The first-order chi connectivity index (χ1) is 13.0. The largest absolute Gasteiger partial charge is 0.383 e. The van der Waals surface area contributed by atoms with E-state index in [9.17, 15) is 0 Å². The normalized spacial score (nSPS) is 15.7. The average molecular weight is 369 g/mol. The lowest BCUT2D eigenvalue weighted by Gasteiger charge is -2.22. The van der Waals surface area contributed by atoms with Crippen LogP contribution < -0.4 is 22.7 Å². The zero-order chi connectivity index (χ0) is 19.4. The van der Waals surface area contributed by atoms with Gasteiger partial charge in [-0.3, -0.25) is 9.69 Å². The Bertz CT molecular complexity index is 833. The molecule has 0 bridgehead atoms. The SMILES string of the molecule is C=C(C)CN(N)/C(=N\N)c1cc(-c2cnn(C3CCNCC3)c2)cnc1N. The fourth-order valence-corrected chi connectivity index (χ4v) is 3.23. The quantitative estimate of drug-likeness (QED) is 0.201. The van der Waals surface area contributed by atoms with Crippen LogP contribution in [0.1, 0.15) is 31.4 Å². The summed E-state index contributed by atoms with van der Waals surface area (Å²) >= 11 is 0. The van der Waals surface area contributed by atoms with Crippen molar-refractivity contribution in [2.24, 2.45) is 16.8 Å². The van der Waals surface area contributed by atoms with E-state index in [0.717, 1.165) is 42.6 Å². The summed E-state index contributed by atoms with van der Waals surface area (Å²) in [6, 6.07) is 2.30. The summed E-state index contributed by atoms with van der Waals surface area (Å²) in [5.74, 6) is 12.3. The Labute approximate surface area is 158 Å². The van der Waals surface area contributed by atoms with Crippen molar-refractivity contribution in [1.82, 2.24) is 25.1 Å². The first-order valence-electron chi connectivity index (χ1n) is 8.95. The van der Waals surface area contributed by atoms with Gasteiger partial charge in [-0.05, 0) is 38.9 Å². The lowest BCUT2D eigenvalue weighted by molar-refractivity contribution is 0.343. The van der Waals surface area contributed by atoms with Crippen molar-refractivity contribution >= 4 is 11.7 Å². The summed E-state index contributed by atoms with van der Waals surface area (Å²) in [4.78, 5) is 4.30. The molecule has 0 amide bonds. The molecule has 144 valence electrons. The summed E-state index contributed by atoms with van der Waals surface area (Å²) in [5, 5.41) is 13.1. The molecule has 1 aliphatic heterocycles. The van der Waals surface area contributed by atoms with Crippen molar-refractivity contribution in [3.8, 4) is 11.1 Å². The van der Waals surface area contributed by atoms with Crippen molar-refractivity contribution in [2.75, 3.05) is 25.4 Å². The minimum absolute atomic E-state index is 0.311. The smallest absolute Gasteiger partial charge is 0.173 e. The molecule has 0 atom stereocenters. The van der Waals surface area contributed by atoms with Gasteiger partial charge in [-0.15, -0.1) is 0 Å². The molecule has 7 N–H and O–H groups in total. The van der Waals surface area contributed by atoms with Gasteiger partial charge in [-0.1, -0.05) is 12.2 Å². The number of piperidine rings is 1. The maximum Gasteiger partial charge on any atom is 0.173 e. The van der Waals surface area contributed by atoms with Crippen LogP contribution in [0.3, 0.4) is 0 Å². The number of hydrazine groups is 1. The molecular weight excluding hydrogens is 342 g/mol. The number of pyridine rings is 1. The first kappa shape index (κ1) is 18.9. The van der Waals surface area contributed by atoms with Crippen LogP contribution in [0.5, 0.6) is 0 Å². The summed E-state index contributed by atoms with van der Waals surface area (Å²) in [7, 11) is 0. The molecule has 3 heterocycles. The van der Waals surface area contributed by atoms with Crippen molar-refractivity contribution in [3.63, 3.8) is 0 Å². The second-order valence-corrected chi connectivity index (χ2v) is 6.88. The topological polar surface area (TPSA) is 136 Å². The molecule has 0 spiro atoms. The lowest BCUT2D eigenvalue weighted by atomic mass is 10.1. The van der Waals surface area contributed by atoms with E-state index in [1.54, 1.807) is 6.20 Å². The summed E-state index contributed by atoms with van der Waals surface area (Å²) in [6.45, 7) is 8.17. The van der Waals surface area contributed by atoms with Crippen molar-refractivity contribution in [1.29, 1.82) is 0 Å². The minimum Gasteiger partial charge on any atom is -0.383 e. The molecule has 2 aromatic heterocycles. The molecule has 9 nitrogen and oxygen atoms in total. The van der Waals surface area contributed by atoms with Crippen molar-refractivity contribution in [2.45, 2.75) is 25.8 Å². The van der Waals surface area contributed by atoms with Crippen LogP contribution in [0.25, 0.3) is 11.1 Å². The van der Waals surface area contributed by atoms with Gasteiger partial charge in [0, 0.05) is 23.5 Å². The van der Waals surface area contributed by atoms with Gasteiger partial charge in [0.15, 0.2) is 5.84 Å². The van der Waals surface area contributed by atoms with E-state index in [1.165, 1.54) is 5.01 Å². The Morgan fingerprint density at radius 1 is 1.37 bits per heavy atom. The van der Waals surface area contributed by atoms with Crippen LogP contribution in [0.2, 0.25) is 0 Å². The van der Waals surface area contributed by atoms with Gasteiger partial charge in [-0.2, -0.15) is 10.2 Å². The molecular formula is C18H27N9. The number of nitrogen functional groups attached to an aromatic ring is 1. The van der Waals surface area contributed by atoms with Gasteiger partial charge in [0.05, 0.1) is 24.3 Å². The maximum atomic E-state index is 6.08. The van der Waals surface area contributed by atoms with E-state index in [4.69, 9.17) is 17.4 Å². The molecule has 0 unspecified atom stereocenters. The fourth-order valence-electron chi connectivity index (χ4n) is 3.23. The molecule has 1 aliphatic rings. The Hall–Kier alpha value is -2.91. The number of nitrogens with one attached hydrogen (secondary N) is 1. The van der Waals surface area contributed by atoms with E-state index < -0.39 is 0 Å². The molecule has 3 rings (SSSR count). The van der Waals surface area contributed by atoms with Crippen molar-refractivity contribution in [3.05, 3.63) is 42.4 Å². The van der Waals surface area contributed by atoms with E-state index in [1.807, 2.05) is 30.1 Å². The fraction of sp³-hybridized carbons (Fsp3) is 0.389. The number of rotatable bonds is 5. The molecule has 1 saturated heterocycles. The maximum absolute atomic E-state index is 6.08. The Morgan fingerprint density at radius 2 is 2.11 bits per heavy atom. The van der Waals surface area contributed by atoms with Crippen LogP contribution >= 0.6 is 0 Å². The van der Waals surface area contributed by atoms with Crippen LogP contribution in [0.15, 0.2) is 41.9 Å². The summed E-state index contributed by atoms with van der Waals surface area (Å²) < 4.78 is 2.03. The number of nitrogens with two attached hydrogens (primary N) is 3. The highest BCUT2D eigenvalue weighted by molar-refractivity contribution is 6.02. The molecule has 1 fully saturated rings. The highest BCUT2D eigenvalue weighted by atomic mass is 15.4. The Morgan fingerprint density at radius 3 is 2.78 bits per heavy atom. The molecule has 2 aromatic rings. The second-order valence-electron chi connectivity index (χ2n) is 6.88. The predicted octanol–water partition coefficient (Wildman–Crippen LogP) is 0.824. The minimum atomic E-state index is 0.311. The highest BCUT2D eigenvalue weighted by Gasteiger charge is 2.18. The molecule has 0 aliphatic carbocycles. The second kappa shape index (κ2) is 8.19. The molecule has 9 heteroatoms. The third-order valence-electron chi connectivity index (χ3n) is 4.61. The van der Waals surface area contributed by atoms with E-state index in [2.05, 4.69) is 27.1 Å². The monoisotopic (exact) mass is 369 g/mol. The van der Waals surface area contributed by atoms with Gasteiger partial charge < -0.3 is 16.9 Å². The van der Waals surface area contributed by atoms with Crippen LogP contribution in [0, 0.1) is 0 Å². The zero-order valence-electron chi connectivity index (χ0n) is 15.6. The number of anilines is 1. The first-order valence-corrected chi connectivity index (χ1v) is 8.95. The number of nitrogens with zero attached hydrogens (tertiary/aromatic N) is 5. The van der Waals surface area contributed by atoms with E-state index in [-0.39, 0.29) is 0 Å². The van der Waals surface area contributed by atoms with Crippen LogP contribution in [-0.4, -0.2) is 45.2 Å². The number of amidine groups is 1. The third-order valence-corrected chi connectivity index (χ3v) is 4.61. The molecule has 27 heavy (non-hydrogen) atoms. The van der Waals surface area contributed by atoms with Crippen molar-refractivity contribution < 1.29 is 0 Å². The number of hydrogen-bond donors (Lipinski definition) is 4. The van der Waals surface area contributed by atoms with Crippen LogP contribution in [0.4, 0.5) is 5.82 Å².